The summed E-state index contributed by atoms with van der Waals surface area (Å²) < 4.78 is 22.5. The molecule has 1 rings (SSSR count). The summed E-state index contributed by atoms with van der Waals surface area (Å²) in [6.45, 7) is 6.83. The maximum Gasteiger partial charge on any atom is 0.151 e. The third-order valence-electron chi connectivity index (χ3n) is 2.31. The van der Waals surface area contributed by atoms with Crippen molar-refractivity contribution >= 4 is 21.2 Å². The number of nitrogens with one attached hydrogen (secondary N) is 1. The van der Waals surface area contributed by atoms with Crippen LogP contribution in [0.2, 0.25) is 0 Å². The van der Waals surface area contributed by atoms with Crippen LogP contribution < -0.4 is 5.32 Å². The lowest BCUT2D eigenvalue weighted by atomic mass is 10.4. The van der Waals surface area contributed by atoms with E-state index in [1.54, 1.807) is 18.3 Å². The Hall–Kier alpha value is -0.460. The van der Waals surface area contributed by atoms with Crippen LogP contribution in [0.3, 0.4) is 0 Å². The highest BCUT2D eigenvalue weighted by atomic mass is 32.2. The van der Waals surface area contributed by atoms with Crippen LogP contribution in [-0.4, -0.2) is 31.5 Å². The molecular weight excluding hydrogens is 244 g/mol. The summed E-state index contributed by atoms with van der Waals surface area (Å²) in [6, 6.07) is 0. The predicted octanol–water partition coefficient (Wildman–Crippen LogP) is 1.28. The van der Waals surface area contributed by atoms with Gasteiger partial charge >= 0.3 is 0 Å². The van der Waals surface area contributed by atoms with E-state index in [0.717, 1.165) is 10.7 Å². The van der Waals surface area contributed by atoms with E-state index in [4.69, 9.17) is 0 Å². The van der Waals surface area contributed by atoms with E-state index in [0.29, 0.717) is 13.1 Å². The molecule has 0 amide bonds. The lowest BCUT2D eigenvalue weighted by Gasteiger charge is -2.03. The molecule has 0 bridgehead atoms. The van der Waals surface area contributed by atoms with Crippen molar-refractivity contribution in [3.05, 3.63) is 15.6 Å². The first kappa shape index (κ1) is 13.6. The monoisotopic (exact) mass is 262 g/mol. The Bertz CT molecular complexity index is 438. The third kappa shape index (κ3) is 4.19. The molecule has 92 valence electrons. The van der Waals surface area contributed by atoms with Gasteiger partial charge in [0.1, 0.15) is 0 Å². The fraction of sp³-hybridized carbons (Fsp3) is 0.700. The molecule has 0 saturated carbocycles. The van der Waals surface area contributed by atoms with Gasteiger partial charge in [0.15, 0.2) is 9.84 Å². The first-order valence-electron chi connectivity index (χ1n) is 5.28. The molecule has 16 heavy (non-hydrogen) atoms. The van der Waals surface area contributed by atoms with Crippen LogP contribution in [-0.2, 0) is 16.4 Å². The summed E-state index contributed by atoms with van der Waals surface area (Å²) in [6.07, 6.45) is 0. The standard InChI is InChI=1S/C10H18N2O2S2/c1-4-16(13,14)6-5-11-7-10-8(2)12-9(3)15-10/h11H,4-7H2,1-3H3. The topological polar surface area (TPSA) is 59.1 Å². The second kappa shape index (κ2) is 5.75. The molecule has 0 saturated heterocycles. The summed E-state index contributed by atoms with van der Waals surface area (Å²) in [7, 11) is -2.85. The van der Waals surface area contributed by atoms with Gasteiger partial charge in [0.05, 0.1) is 16.5 Å². The average molecular weight is 262 g/mol. The molecule has 0 aliphatic heterocycles. The molecule has 0 aliphatic carbocycles. The Labute approximate surface area is 101 Å². The molecule has 0 aliphatic rings. The zero-order valence-corrected chi connectivity index (χ0v) is 11.5. The van der Waals surface area contributed by atoms with Gasteiger partial charge < -0.3 is 5.32 Å². The van der Waals surface area contributed by atoms with Crippen molar-refractivity contribution in [2.24, 2.45) is 0 Å². The molecule has 0 atom stereocenters. The number of aryl methyl sites for hydroxylation is 2. The fourth-order valence-corrected chi connectivity index (χ4v) is 2.96. The van der Waals surface area contributed by atoms with Gasteiger partial charge in [-0.15, -0.1) is 11.3 Å². The van der Waals surface area contributed by atoms with Crippen LogP contribution in [0.4, 0.5) is 0 Å². The van der Waals surface area contributed by atoms with E-state index >= 15 is 0 Å². The Morgan fingerprint density at radius 3 is 2.56 bits per heavy atom. The number of nitrogens with zero attached hydrogens (tertiary/aromatic N) is 1. The van der Waals surface area contributed by atoms with Gasteiger partial charge in [-0.2, -0.15) is 0 Å². The zero-order valence-electron chi connectivity index (χ0n) is 9.91. The molecular formula is C10H18N2O2S2. The molecule has 1 heterocycles. The number of thiazole rings is 1. The van der Waals surface area contributed by atoms with E-state index in [1.165, 1.54) is 4.88 Å². The molecule has 1 aromatic heterocycles. The summed E-state index contributed by atoms with van der Waals surface area (Å²) >= 11 is 1.65. The van der Waals surface area contributed by atoms with Gasteiger partial charge in [-0.3, -0.25) is 0 Å². The normalized spacial score (nSPS) is 11.9. The highest BCUT2D eigenvalue weighted by molar-refractivity contribution is 7.91. The quantitative estimate of drug-likeness (QED) is 0.785. The van der Waals surface area contributed by atoms with Gasteiger partial charge in [0.25, 0.3) is 0 Å². The molecule has 1 aromatic rings. The SMILES string of the molecule is CCS(=O)(=O)CCNCc1sc(C)nc1C. The lowest BCUT2D eigenvalue weighted by Crippen LogP contribution is -2.23. The summed E-state index contributed by atoms with van der Waals surface area (Å²) in [5, 5.41) is 4.19. The van der Waals surface area contributed by atoms with Crippen LogP contribution in [0.5, 0.6) is 0 Å². The molecule has 1 N–H and O–H groups in total. The first-order valence-corrected chi connectivity index (χ1v) is 7.92. The Kier molecular flexibility index (Phi) is 4.89. The van der Waals surface area contributed by atoms with Gasteiger partial charge in [-0.05, 0) is 13.8 Å². The Balaban J connectivity index is 2.34. The molecule has 0 spiro atoms. The molecule has 0 radical (unpaired) electrons. The highest BCUT2D eigenvalue weighted by Gasteiger charge is 2.07. The molecule has 0 unspecified atom stereocenters. The van der Waals surface area contributed by atoms with E-state index in [9.17, 15) is 8.42 Å². The van der Waals surface area contributed by atoms with Crippen molar-refractivity contribution < 1.29 is 8.42 Å². The average Bonchev–Trinajstić information content (AvgIpc) is 2.52. The van der Waals surface area contributed by atoms with Crippen molar-refractivity contribution in [3.8, 4) is 0 Å². The van der Waals surface area contributed by atoms with E-state index in [2.05, 4.69) is 10.3 Å². The van der Waals surface area contributed by atoms with Crippen molar-refractivity contribution in [2.45, 2.75) is 27.3 Å². The van der Waals surface area contributed by atoms with Crippen molar-refractivity contribution in [1.82, 2.24) is 10.3 Å². The predicted molar refractivity (Wildman–Crippen MR) is 67.6 cm³/mol. The first-order chi connectivity index (χ1) is 7.44. The number of hydrogen-bond acceptors (Lipinski definition) is 5. The minimum atomic E-state index is -2.85. The second-order valence-electron chi connectivity index (χ2n) is 3.65. The molecule has 4 nitrogen and oxygen atoms in total. The van der Waals surface area contributed by atoms with Gasteiger partial charge in [0.2, 0.25) is 0 Å². The van der Waals surface area contributed by atoms with Gasteiger partial charge in [-0.1, -0.05) is 6.92 Å². The summed E-state index contributed by atoms with van der Waals surface area (Å²) in [5.74, 6) is 0.424. The van der Waals surface area contributed by atoms with E-state index in [-0.39, 0.29) is 11.5 Å². The van der Waals surface area contributed by atoms with Crippen molar-refractivity contribution in [1.29, 1.82) is 0 Å². The van der Waals surface area contributed by atoms with Gasteiger partial charge in [0, 0.05) is 23.7 Å². The number of sulfone groups is 1. The molecule has 0 aromatic carbocycles. The maximum atomic E-state index is 11.2. The van der Waals surface area contributed by atoms with Crippen LogP contribution in [0.25, 0.3) is 0 Å². The van der Waals surface area contributed by atoms with Crippen LogP contribution in [0, 0.1) is 13.8 Å². The maximum absolute atomic E-state index is 11.2. The largest absolute Gasteiger partial charge is 0.311 e. The minimum absolute atomic E-state index is 0.209. The smallest absolute Gasteiger partial charge is 0.151 e. The van der Waals surface area contributed by atoms with Crippen LogP contribution in [0.15, 0.2) is 0 Å². The van der Waals surface area contributed by atoms with Crippen LogP contribution >= 0.6 is 11.3 Å². The summed E-state index contributed by atoms with van der Waals surface area (Å²) in [4.78, 5) is 5.50. The Morgan fingerprint density at radius 1 is 1.38 bits per heavy atom. The van der Waals surface area contributed by atoms with E-state index < -0.39 is 9.84 Å². The number of hydrogen-bond donors (Lipinski definition) is 1. The minimum Gasteiger partial charge on any atom is -0.311 e. The lowest BCUT2D eigenvalue weighted by molar-refractivity contribution is 0.592. The zero-order chi connectivity index (χ0) is 12.2. The molecule has 6 heteroatoms. The van der Waals surface area contributed by atoms with Crippen molar-refractivity contribution in [2.75, 3.05) is 18.1 Å². The third-order valence-corrected chi connectivity index (χ3v) is 5.09. The van der Waals surface area contributed by atoms with Crippen molar-refractivity contribution in [3.63, 3.8) is 0 Å². The Morgan fingerprint density at radius 2 is 2.06 bits per heavy atom. The van der Waals surface area contributed by atoms with Crippen LogP contribution in [0.1, 0.15) is 22.5 Å². The second-order valence-corrected chi connectivity index (χ2v) is 7.42. The van der Waals surface area contributed by atoms with Gasteiger partial charge in [-0.25, -0.2) is 13.4 Å². The fourth-order valence-electron chi connectivity index (χ4n) is 1.31. The number of aromatic nitrogens is 1. The number of rotatable bonds is 6. The molecule has 0 fully saturated rings. The van der Waals surface area contributed by atoms with E-state index in [1.807, 2.05) is 13.8 Å². The summed E-state index contributed by atoms with van der Waals surface area (Å²) in [5.41, 5.74) is 1.04. The highest BCUT2D eigenvalue weighted by Crippen LogP contribution is 2.16.